The molecule has 3 amide bonds. The van der Waals surface area contributed by atoms with Crippen LogP contribution in [-0.4, -0.2) is 37.6 Å². The third kappa shape index (κ3) is 3.96. The van der Waals surface area contributed by atoms with Gasteiger partial charge in [0.25, 0.3) is 0 Å². The van der Waals surface area contributed by atoms with E-state index in [-0.39, 0.29) is 18.1 Å². The van der Waals surface area contributed by atoms with Gasteiger partial charge in [0.1, 0.15) is 6.33 Å². The van der Waals surface area contributed by atoms with E-state index in [0.29, 0.717) is 17.9 Å². The van der Waals surface area contributed by atoms with Crippen molar-refractivity contribution >= 4 is 11.9 Å². The van der Waals surface area contributed by atoms with Crippen LogP contribution in [0.15, 0.2) is 30.6 Å². The van der Waals surface area contributed by atoms with Crippen LogP contribution < -0.4 is 11.1 Å². The second-order valence-electron chi connectivity index (χ2n) is 6.39. The molecule has 1 fully saturated rings. The molecule has 0 aliphatic heterocycles. The first-order valence-corrected chi connectivity index (χ1v) is 8.25. The van der Waals surface area contributed by atoms with Crippen LogP contribution in [0.5, 0.6) is 0 Å². The summed E-state index contributed by atoms with van der Waals surface area (Å²) in [4.78, 5) is 25.7. The van der Waals surface area contributed by atoms with Gasteiger partial charge in [0.2, 0.25) is 5.91 Å². The molecule has 25 heavy (non-hydrogen) atoms. The van der Waals surface area contributed by atoms with E-state index in [2.05, 4.69) is 15.5 Å². The summed E-state index contributed by atoms with van der Waals surface area (Å²) >= 11 is 0. The number of benzene rings is 1. The molecule has 0 bridgehead atoms. The van der Waals surface area contributed by atoms with Crippen molar-refractivity contribution in [2.45, 2.75) is 38.4 Å². The average Bonchev–Trinajstić information content (AvgIpc) is 3.33. The van der Waals surface area contributed by atoms with Crippen molar-refractivity contribution in [2.24, 2.45) is 12.8 Å². The first-order valence-electron chi connectivity index (χ1n) is 8.25. The largest absolute Gasteiger partial charge is 0.366 e. The highest BCUT2D eigenvalue weighted by Gasteiger charge is 2.33. The lowest BCUT2D eigenvalue weighted by Crippen LogP contribution is -2.42. The Labute approximate surface area is 146 Å². The van der Waals surface area contributed by atoms with Crippen molar-refractivity contribution in [3.63, 3.8) is 0 Å². The number of carbonyl (C=O) groups excluding carboxylic acids is 2. The van der Waals surface area contributed by atoms with Crippen LogP contribution in [0.3, 0.4) is 0 Å². The van der Waals surface area contributed by atoms with Crippen LogP contribution in [0, 0.1) is 0 Å². The molecular weight excluding hydrogens is 320 g/mol. The lowest BCUT2D eigenvalue weighted by Gasteiger charge is -2.25. The molecular formula is C17H22N6O2. The van der Waals surface area contributed by atoms with Crippen LogP contribution >= 0.6 is 0 Å². The lowest BCUT2D eigenvalue weighted by molar-refractivity contribution is 0.1000. The number of nitrogens with two attached hydrogens (primary N) is 1. The van der Waals surface area contributed by atoms with Gasteiger partial charge in [-0.25, -0.2) is 4.79 Å². The van der Waals surface area contributed by atoms with Crippen LogP contribution in [0.4, 0.5) is 4.79 Å². The molecule has 1 aliphatic rings. The maximum absolute atomic E-state index is 12.7. The van der Waals surface area contributed by atoms with Gasteiger partial charge in [-0.3, -0.25) is 4.79 Å². The number of hydrogen-bond donors (Lipinski definition) is 2. The zero-order chi connectivity index (χ0) is 18.0. The smallest absolute Gasteiger partial charge is 0.318 e. The predicted octanol–water partition coefficient (Wildman–Crippen LogP) is 1.35. The van der Waals surface area contributed by atoms with E-state index in [9.17, 15) is 9.59 Å². The quantitative estimate of drug-likeness (QED) is 0.826. The molecule has 132 valence electrons. The fourth-order valence-corrected chi connectivity index (χ4v) is 2.74. The van der Waals surface area contributed by atoms with E-state index in [1.807, 2.05) is 31.0 Å². The zero-order valence-electron chi connectivity index (χ0n) is 14.3. The van der Waals surface area contributed by atoms with Crippen molar-refractivity contribution in [1.29, 1.82) is 0 Å². The van der Waals surface area contributed by atoms with Crippen molar-refractivity contribution < 1.29 is 9.59 Å². The first-order chi connectivity index (χ1) is 12.0. The van der Waals surface area contributed by atoms with Gasteiger partial charge in [0, 0.05) is 25.2 Å². The summed E-state index contributed by atoms with van der Waals surface area (Å²) < 4.78 is 1.79. The summed E-state index contributed by atoms with van der Waals surface area (Å²) in [7, 11) is 1.84. The minimum absolute atomic E-state index is 0.128. The van der Waals surface area contributed by atoms with E-state index >= 15 is 0 Å². The monoisotopic (exact) mass is 342 g/mol. The molecule has 0 saturated heterocycles. The second kappa shape index (κ2) is 6.92. The van der Waals surface area contributed by atoms with Gasteiger partial charge < -0.3 is 20.5 Å². The Morgan fingerprint density at radius 2 is 2.04 bits per heavy atom. The van der Waals surface area contributed by atoms with Gasteiger partial charge in [0.15, 0.2) is 5.82 Å². The summed E-state index contributed by atoms with van der Waals surface area (Å²) in [6.45, 7) is 2.37. The molecule has 8 nitrogen and oxygen atoms in total. The van der Waals surface area contributed by atoms with Gasteiger partial charge >= 0.3 is 6.03 Å². The van der Waals surface area contributed by atoms with Crippen molar-refractivity contribution in [1.82, 2.24) is 25.0 Å². The second-order valence-corrected chi connectivity index (χ2v) is 6.39. The normalized spacial score (nSPS) is 14.8. The summed E-state index contributed by atoms with van der Waals surface area (Å²) in [5, 5.41) is 10.9. The number of amides is 3. The third-order valence-electron chi connectivity index (χ3n) is 4.31. The van der Waals surface area contributed by atoms with Gasteiger partial charge in [0.05, 0.1) is 6.04 Å². The predicted molar refractivity (Wildman–Crippen MR) is 91.5 cm³/mol. The van der Waals surface area contributed by atoms with Gasteiger partial charge in [-0.2, -0.15) is 0 Å². The maximum Gasteiger partial charge on any atom is 0.318 e. The molecule has 1 aromatic carbocycles. The van der Waals surface area contributed by atoms with Crippen molar-refractivity contribution in [3.05, 3.63) is 47.5 Å². The maximum atomic E-state index is 12.7. The first kappa shape index (κ1) is 16.9. The summed E-state index contributed by atoms with van der Waals surface area (Å²) in [6.07, 6.45) is 3.62. The number of aromatic nitrogens is 3. The molecule has 8 heteroatoms. The fourth-order valence-electron chi connectivity index (χ4n) is 2.74. The number of aryl methyl sites for hydroxylation is 1. The van der Waals surface area contributed by atoms with E-state index < -0.39 is 5.91 Å². The number of hydrogen-bond acceptors (Lipinski definition) is 4. The Balaban J connectivity index is 1.67. The lowest BCUT2D eigenvalue weighted by atomic mass is 10.1. The molecule has 1 aliphatic carbocycles. The Kier molecular flexibility index (Phi) is 4.69. The van der Waals surface area contributed by atoms with Crippen LogP contribution in [0.25, 0.3) is 0 Å². The van der Waals surface area contributed by atoms with E-state index in [0.717, 1.165) is 18.4 Å². The van der Waals surface area contributed by atoms with Crippen LogP contribution in [0.2, 0.25) is 0 Å². The van der Waals surface area contributed by atoms with Crippen LogP contribution in [-0.2, 0) is 13.6 Å². The van der Waals surface area contributed by atoms with Gasteiger partial charge in [-0.1, -0.05) is 12.1 Å². The molecule has 2 aromatic rings. The fraction of sp³-hybridized carbons (Fsp3) is 0.412. The zero-order valence-corrected chi connectivity index (χ0v) is 14.3. The number of primary amides is 1. The Bertz CT molecular complexity index is 766. The molecule has 1 unspecified atom stereocenters. The molecule has 0 radical (unpaired) electrons. The summed E-state index contributed by atoms with van der Waals surface area (Å²) in [5.41, 5.74) is 6.68. The van der Waals surface area contributed by atoms with Crippen LogP contribution in [0.1, 0.15) is 47.6 Å². The highest BCUT2D eigenvalue weighted by molar-refractivity contribution is 5.92. The molecule has 1 aromatic heterocycles. The van der Waals surface area contributed by atoms with E-state index in [4.69, 9.17) is 5.73 Å². The highest BCUT2D eigenvalue weighted by Crippen LogP contribution is 2.29. The number of rotatable bonds is 6. The highest BCUT2D eigenvalue weighted by atomic mass is 16.2. The molecule has 3 N–H and O–H groups in total. The number of nitrogens with one attached hydrogen (secondary N) is 1. The third-order valence-corrected chi connectivity index (χ3v) is 4.31. The summed E-state index contributed by atoms with van der Waals surface area (Å²) in [5.74, 6) is 0.246. The topological polar surface area (TPSA) is 106 Å². The van der Waals surface area contributed by atoms with Crippen molar-refractivity contribution in [3.8, 4) is 0 Å². The summed E-state index contributed by atoms with van der Waals surface area (Å²) in [6, 6.07) is 6.91. The Hall–Kier alpha value is -2.90. The molecule has 0 spiro atoms. The molecule has 1 heterocycles. The average molecular weight is 342 g/mol. The van der Waals surface area contributed by atoms with Gasteiger partial charge in [-0.15, -0.1) is 10.2 Å². The van der Waals surface area contributed by atoms with Gasteiger partial charge in [-0.05, 0) is 37.5 Å². The Morgan fingerprint density at radius 3 is 2.56 bits per heavy atom. The minimum atomic E-state index is -0.458. The van der Waals surface area contributed by atoms with E-state index in [1.54, 1.807) is 23.0 Å². The molecule has 1 saturated carbocycles. The standard InChI is InChI=1S/C17H22N6O2/c1-11(16-21-19-10-22(16)2)20-17(25)23(14-7-8-14)9-12-3-5-13(6-4-12)15(18)24/h3-6,10-11,14H,7-9H2,1-2H3,(H2,18,24)(H,20,25). The Morgan fingerprint density at radius 1 is 1.36 bits per heavy atom. The number of carbonyl (C=O) groups is 2. The SMILES string of the molecule is CC(NC(=O)N(Cc1ccc(C(N)=O)cc1)C1CC1)c1nncn1C. The number of urea groups is 1. The minimum Gasteiger partial charge on any atom is -0.366 e. The number of nitrogens with zero attached hydrogens (tertiary/aromatic N) is 4. The van der Waals surface area contributed by atoms with Crippen molar-refractivity contribution in [2.75, 3.05) is 0 Å². The molecule has 1 atom stereocenters. The molecule has 3 rings (SSSR count). The van der Waals surface area contributed by atoms with E-state index in [1.165, 1.54) is 0 Å².